The van der Waals surface area contributed by atoms with Gasteiger partial charge in [0.1, 0.15) is 0 Å². The highest BCUT2D eigenvalue weighted by atomic mass is 32.2. The van der Waals surface area contributed by atoms with Gasteiger partial charge in [0.25, 0.3) is 0 Å². The predicted molar refractivity (Wildman–Crippen MR) is 76.7 cm³/mol. The third kappa shape index (κ3) is 4.06. The van der Waals surface area contributed by atoms with Crippen LogP contribution in [0.1, 0.15) is 53.4 Å². The third-order valence-electron chi connectivity index (χ3n) is 4.13. The van der Waals surface area contributed by atoms with Gasteiger partial charge < -0.3 is 5.32 Å². The summed E-state index contributed by atoms with van der Waals surface area (Å²) in [4.78, 5) is 0. The molecule has 17 heavy (non-hydrogen) atoms. The zero-order valence-corrected chi connectivity index (χ0v) is 12.9. The van der Waals surface area contributed by atoms with Crippen LogP contribution >= 0.6 is 0 Å². The molecule has 0 radical (unpaired) electrons. The zero-order valence-electron chi connectivity index (χ0n) is 12.1. The molecular formula is C14H29NOS. The van der Waals surface area contributed by atoms with E-state index in [-0.39, 0.29) is 0 Å². The topological polar surface area (TPSA) is 29.1 Å². The summed E-state index contributed by atoms with van der Waals surface area (Å²) >= 11 is 0. The van der Waals surface area contributed by atoms with Crippen LogP contribution in [-0.2, 0) is 10.8 Å². The van der Waals surface area contributed by atoms with E-state index in [9.17, 15) is 4.21 Å². The van der Waals surface area contributed by atoms with E-state index in [4.69, 9.17) is 0 Å². The molecule has 1 aliphatic rings. The fraction of sp³-hybridized carbons (Fsp3) is 1.00. The summed E-state index contributed by atoms with van der Waals surface area (Å²) < 4.78 is 12.3. The van der Waals surface area contributed by atoms with Gasteiger partial charge in [0, 0.05) is 22.6 Å². The number of nitrogens with one attached hydrogen (secondary N) is 1. The maximum atomic E-state index is 12.3. The second-order valence-electron chi connectivity index (χ2n) is 6.39. The molecule has 0 aromatic carbocycles. The van der Waals surface area contributed by atoms with E-state index < -0.39 is 10.8 Å². The number of hydrogen-bond acceptors (Lipinski definition) is 2. The smallest absolute Gasteiger partial charge is 0.0503 e. The van der Waals surface area contributed by atoms with E-state index in [1.54, 1.807) is 0 Å². The molecule has 1 N–H and O–H groups in total. The fourth-order valence-electron chi connectivity index (χ4n) is 2.89. The van der Waals surface area contributed by atoms with Crippen LogP contribution < -0.4 is 5.32 Å². The molecule has 0 bridgehead atoms. The Labute approximate surface area is 109 Å². The molecule has 0 amide bonds. The summed E-state index contributed by atoms with van der Waals surface area (Å²) in [6, 6.07) is 0.459. The van der Waals surface area contributed by atoms with Crippen molar-refractivity contribution in [2.75, 3.05) is 12.8 Å². The summed E-state index contributed by atoms with van der Waals surface area (Å²) in [6.07, 6.45) is 4.61. The van der Waals surface area contributed by atoms with Crippen molar-refractivity contribution in [3.63, 3.8) is 0 Å². The minimum atomic E-state index is -0.654. The van der Waals surface area contributed by atoms with Gasteiger partial charge in [-0.2, -0.15) is 0 Å². The largest absolute Gasteiger partial charge is 0.316 e. The Balaban J connectivity index is 2.71. The maximum Gasteiger partial charge on any atom is 0.0503 e. The SMILES string of the molecule is CCCS(=O)C1CC(C(C)(C)C)CCC1NC. The van der Waals surface area contributed by atoms with Gasteiger partial charge >= 0.3 is 0 Å². The van der Waals surface area contributed by atoms with Crippen molar-refractivity contribution in [2.24, 2.45) is 11.3 Å². The Morgan fingerprint density at radius 3 is 2.41 bits per heavy atom. The Bertz CT molecular complexity index is 259. The molecule has 0 spiro atoms. The van der Waals surface area contributed by atoms with Crippen LogP contribution in [0.15, 0.2) is 0 Å². The first-order valence-electron chi connectivity index (χ1n) is 6.94. The fourth-order valence-corrected chi connectivity index (χ4v) is 4.68. The van der Waals surface area contributed by atoms with Gasteiger partial charge in [-0.15, -0.1) is 0 Å². The molecule has 1 aliphatic carbocycles. The number of hydrogen-bond donors (Lipinski definition) is 1. The molecule has 4 atom stereocenters. The molecule has 1 rings (SSSR count). The summed E-state index contributed by atoms with van der Waals surface area (Å²) in [5.41, 5.74) is 0.355. The molecule has 1 fully saturated rings. The Morgan fingerprint density at radius 2 is 1.94 bits per heavy atom. The van der Waals surface area contributed by atoms with Crippen LogP contribution in [0.2, 0.25) is 0 Å². The first kappa shape index (κ1) is 15.2. The lowest BCUT2D eigenvalue weighted by Gasteiger charge is -2.41. The van der Waals surface area contributed by atoms with Crippen LogP contribution in [0.5, 0.6) is 0 Å². The Hall–Kier alpha value is 0.110. The molecule has 0 aromatic rings. The lowest BCUT2D eigenvalue weighted by Crippen LogP contribution is -2.47. The van der Waals surface area contributed by atoms with Gasteiger partial charge in [0.05, 0.1) is 5.25 Å². The second-order valence-corrected chi connectivity index (χ2v) is 8.17. The highest BCUT2D eigenvalue weighted by molar-refractivity contribution is 7.85. The van der Waals surface area contributed by atoms with Crippen molar-refractivity contribution in [1.82, 2.24) is 5.32 Å². The highest BCUT2D eigenvalue weighted by Gasteiger charge is 2.37. The van der Waals surface area contributed by atoms with Gasteiger partial charge in [-0.3, -0.25) is 4.21 Å². The summed E-state index contributed by atoms with van der Waals surface area (Å²) in [5.74, 6) is 1.58. The number of rotatable bonds is 4. The van der Waals surface area contributed by atoms with Crippen LogP contribution in [0.25, 0.3) is 0 Å². The first-order chi connectivity index (χ1) is 7.90. The molecule has 0 aliphatic heterocycles. The third-order valence-corrected chi connectivity index (χ3v) is 6.14. The van der Waals surface area contributed by atoms with Gasteiger partial charge in [-0.1, -0.05) is 27.7 Å². The molecule has 102 valence electrons. The maximum absolute atomic E-state index is 12.3. The van der Waals surface area contributed by atoms with E-state index in [1.165, 1.54) is 12.8 Å². The van der Waals surface area contributed by atoms with E-state index >= 15 is 0 Å². The van der Waals surface area contributed by atoms with Crippen molar-refractivity contribution in [1.29, 1.82) is 0 Å². The molecule has 4 unspecified atom stereocenters. The molecule has 0 saturated heterocycles. The van der Waals surface area contributed by atoms with Gasteiger partial charge in [0.15, 0.2) is 0 Å². The quantitative estimate of drug-likeness (QED) is 0.841. The summed E-state index contributed by atoms with van der Waals surface area (Å²) in [5, 5.41) is 3.73. The Morgan fingerprint density at radius 1 is 1.29 bits per heavy atom. The molecular weight excluding hydrogens is 230 g/mol. The predicted octanol–water partition coefficient (Wildman–Crippen LogP) is 2.95. The monoisotopic (exact) mass is 259 g/mol. The van der Waals surface area contributed by atoms with E-state index in [0.717, 1.165) is 24.5 Å². The van der Waals surface area contributed by atoms with E-state index in [0.29, 0.717) is 16.7 Å². The molecule has 2 nitrogen and oxygen atoms in total. The second kappa shape index (κ2) is 6.33. The molecule has 1 saturated carbocycles. The average molecular weight is 259 g/mol. The summed E-state index contributed by atoms with van der Waals surface area (Å²) in [6.45, 7) is 9.07. The van der Waals surface area contributed by atoms with Gasteiger partial charge in [0.2, 0.25) is 0 Å². The van der Waals surface area contributed by atoms with Crippen molar-refractivity contribution in [3.05, 3.63) is 0 Å². The minimum Gasteiger partial charge on any atom is -0.316 e. The van der Waals surface area contributed by atoms with E-state index in [1.807, 2.05) is 7.05 Å². The molecule has 0 aromatic heterocycles. The van der Waals surface area contributed by atoms with Crippen LogP contribution in [0.3, 0.4) is 0 Å². The lowest BCUT2D eigenvalue weighted by molar-refractivity contribution is 0.166. The van der Waals surface area contributed by atoms with Crippen LogP contribution in [-0.4, -0.2) is 28.3 Å². The standard InChI is InChI=1S/C14H29NOS/c1-6-9-17(16)13-10-11(14(2,3)4)7-8-12(13)15-5/h11-13,15H,6-10H2,1-5H3. The van der Waals surface area contributed by atoms with Gasteiger partial charge in [-0.05, 0) is 44.1 Å². The van der Waals surface area contributed by atoms with Crippen LogP contribution in [0.4, 0.5) is 0 Å². The lowest BCUT2D eigenvalue weighted by atomic mass is 9.71. The van der Waals surface area contributed by atoms with Gasteiger partial charge in [-0.25, -0.2) is 0 Å². The van der Waals surface area contributed by atoms with Crippen molar-refractivity contribution in [2.45, 2.75) is 64.7 Å². The minimum absolute atomic E-state index is 0.355. The van der Waals surface area contributed by atoms with Crippen molar-refractivity contribution < 1.29 is 4.21 Å². The molecule has 3 heteroatoms. The first-order valence-corrected chi connectivity index (χ1v) is 8.32. The zero-order chi connectivity index (χ0) is 13.1. The normalized spacial score (nSPS) is 32.4. The van der Waals surface area contributed by atoms with Crippen LogP contribution in [0, 0.1) is 11.3 Å². The highest BCUT2D eigenvalue weighted by Crippen LogP contribution is 2.39. The average Bonchev–Trinajstić information content (AvgIpc) is 2.27. The van der Waals surface area contributed by atoms with Crippen molar-refractivity contribution >= 4 is 10.8 Å². The Kier molecular flexibility index (Phi) is 5.65. The van der Waals surface area contributed by atoms with E-state index in [2.05, 4.69) is 33.0 Å². The van der Waals surface area contributed by atoms with Crippen molar-refractivity contribution in [3.8, 4) is 0 Å². The summed E-state index contributed by atoms with van der Waals surface area (Å²) in [7, 11) is 1.36. The molecule has 0 heterocycles.